The van der Waals surface area contributed by atoms with E-state index in [4.69, 9.17) is 9.47 Å². The molecule has 6 rings (SSSR count). The van der Waals surface area contributed by atoms with E-state index in [2.05, 4.69) is 5.32 Å². The van der Waals surface area contributed by atoms with Crippen LogP contribution in [-0.2, 0) is 33.0 Å². The molecule has 0 bridgehead atoms. The van der Waals surface area contributed by atoms with Gasteiger partial charge >= 0.3 is 0 Å². The lowest BCUT2D eigenvalue weighted by atomic mass is 9.83. The molecule has 4 atom stereocenters. The minimum absolute atomic E-state index is 0.0674. The molecule has 3 aliphatic rings. The summed E-state index contributed by atoms with van der Waals surface area (Å²) in [5.41, 5.74) is 2.32. The highest BCUT2D eigenvalue weighted by Crippen LogP contribution is 2.47. The lowest BCUT2D eigenvalue weighted by Crippen LogP contribution is -2.49. The second-order valence-electron chi connectivity index (χ2n) is 14.2. The first-order valence-electron chi connectivity index (χ1n) is 19.0. The van der Waals surface area contributed by atoms with Crippen molar-refractivity contribution in [3.8, 4) is 11.5 Å². The number of nitrogens with zero attached hydrogens (tertiary/aromatic N) is 3. The van der Waals surface area contributed by atoms with Crippen LogP contribution in [0.3, 0.4) is 0 Å². The number of benzene rings is 3. The van der Waals surface area contributed by atoms with Crippen molar-refractivity contribution in [1.29, 1.82) is 0 Å². The number of hydrogen-bond acceptors (Lipinski definition) is 9. The average Bonchev–Trinajstić information content (AvgIpc) is 3.75. The Balaban J connectivity index is 1.23. The van der Waals surface area contributed by atoms with E-state index in [9.17, 15) is 29.7 Å². The smallest absolute Gasteiger partial charge is 0.264 e. The van der Waals surface area contributed by atoms with Crippen LogP contribution in [0.2, 0.25) is 0 Å². The standard InChI is InChI=1S/C42H52N4O8/c1-4-54-34-17-18-37-30(23-34)24-36(43-20-5-6-22-47)40(50)46(37)31-14-12-29(13-15-31)26-45-38-19-16-33(53-3)25-35(38)42(52,41(45)51)28(2)9-7-11-39(49)44-21-8-10-32(44)27-48/h7,9,12-19,23,25,28,32,36,43,47-48,52H,4-6,8,10-11,20-22,24,26-27H2,1-3H3/b9-7+/t28-,32-,36?,42+/m0/s1. The number of fused-ring (bicyclic) bond motifs is 2. The molecule has 288 valence electrons. The molecule has 1 saturated heterocycles. The van der Waals surface area contributed by atoms with E-state index in [-0.39, 0.29) is 44.0 Å². The van der Waals surface area contributed by atoms with E-state index in [0.29, 0.717) is 55.2 Å². The Bertz CT molecular complexity index is 1850. The zero-order valence-corrected chi connectivity index (χ0v) is 31.4. The van der Waals surface area contributed by atoms with E-state index < -0.39 is 23.5 Å². The fourth-order valence-electron chi connectivity index (χ4n) is 7.85. The van der Waals surface area contributed by atoms with Crippen LogP contribution in [0.4, 0.5) is 17.1 Å². The molecule has 3 aliphatic heterocycles. The number of aliphatic hydroxyl groups is 3. The van der Waals surface area contributed by atoms with Gasteiger partial charge in [-0.25, -0.2) is 0 Å². The number of rotatable bonds is 16. The van der Waals surface area contributed by atoms with Crippen molar-refractivity contribution in [1.82, 2.24) is 10.2 Å². The summed E-state index contributed by atoms with van der Waals surface area (Å²) in [6, 6.07) is 17.9. The summed E-state index contributed by atoms with van der Waals surface area (Å²) in [5.74, 6) is -0.0992. The number of hydrogen-bond donors (Lipinski definition) is 4. The molecule has 3 aromatic rings. The van der Waals surface area contributed by atoms with Crippen molar-refractivity contribution in [3.05, 3.63) is 89.5 Å². The Hall–Kier alpha value is -4.75. The maximum atomic E-state index is 14.3. The normalized spacial score (nSPS) is 21.5. The molecule has 0 spiro atoms. The molecule has 12 heteroatoms. The zero-order chi connectivity index (χ0) is 38.4. The Morgan fingerprint density at radius 1 is 1.04 bits per heavy atom. The first-order chi connectivity index (χ1) is 26.1. The second-order valence-corrected chi connectivity index (χ2v) is 14.2. The quantitative estimate of drug-likeness (QED) is 0.124. The highest BCUT2D eigenvalue weighted by atomic mass is 16.5. The summed E-state index contributed by atoms with van der Waals surface area (Å²) in [4.78, 5) is 46.1. The first kappa shape index (κ1) is 39.0. The summed E-state index contributed by atoms with van der Waals surface area (Å²) in [7, 11) is 1.53. The molecule has 1 unspecified atom stereocenters. The average molecular weight is 741 g/mol. The summed E-state index contributed by atoms with van der Waals surface area (Å²) >= 11 is 0. The van der Waals surface area contributed by atoms with Gasteiger partial charge in [0.1, 0.15) is 11.5 Å². The third-order valence-electron chi connectivity index (χ3n) is 10.8. The number of ether oxygens (including phenoxy) is 2. The van der Waals surface area contributed by atoms with Gasteiger partial charge in [0, 0.05) is 36.7 Å². The van der Waals surface area contributed by atoms with Crippen molar-refractivity contribution in [2.75, 3.05) is 49.8 Å². The fraction of sp³-hybridized carbons (Fsp3) is 0.452. The number of nitrogens with one attached hydrogen (secondary N) is 1. The number of carbonyl (C=O) groups is 3. The number of unbranched alkanes of at least 4 members (excludes halogenated alkanes) is 1. The molecule has 0 aromatic heterocycles. The van der Waals surface area contributed by atoms with Gasteiger partial charge in [0.05, 0.1) is 50.3 Å². The lowest BCUT2D eigenvalue weighted by Gasteiger charge is -2.35. The Morgan fingerprint density at radius 3 is 2.52 bits per heavy atom. The van der Waals surface area contributed by atoms with Gasteiger partial charge in [-0.3, -0.25) is 19.3 Å². The van der Waals surface area contributed by atoms with Gasteiger partial charge in [-0.15, -0.1) is 0 Å². The van der Waals surface area contributed by atoms with Crippen LogP contribution >= 0.6 is 0 Å². The minimum atomic E-state index is -1.91. The summed E-state index contributed by atoms with van der Waals surface area (Å²) in [5, 5.41) is 34.5. The Kier molecular flexibility index (Phi) is 12.4. The van der Waals surface area contributed by atoms with Crippen molar-refractivity contribution in [3.63, 3.8) is 0 Å². The van der Waals surface area contributed by atoms with Gasteiger partial charge in [0.25, 0.3) is 5.91 Å². The Morgan fingerprint density at radius 2 is 1.80 bits per heavy atom. The van der Waals surface area contributed by atoms with E-state index in [1.807, 2.05) is 49.4 Å². The molecule has 0 radical (unpaired) electrons. The minimum Gasteiger partial charge on any atom is -0.497 e. The number of amides is 3. The topological polar surface area (TPSA) is 152 Å². The van der Waals surface area contributed by atoms with Crippen LogP contribution in [0.5, 0.6) is 11.5 Å². The molecule has 0 saturated carbocycles. The van der Waals surface area contributed by atoms with Crippen LogP contribution in [0.25, 0.3) is 0 Å². The maximum absolute atomic E-state index is 14.3. The predicted molar refractivity (Wildman–Crippen MR) is 206 cm³/mol. The number of aliphatic hydroxyl groups excluding tert-OH is 2. The number of carbonyl (C=O) groups excluding carboxylic acids is 3. The SMILES string of the molecule is CCOc1ccc2c(c1)CC(NCCCCO)C(=O)N2c1ccc(CN2C(=O)[C@@](O)([C@@H](C)/C=C/CC(=O)N3CCC[C@H]3CO)c3cc(OC)ccc32)cc1. The highest BCUT2D eigenvalue weighted by Gasteiger charge is 2.52. The van der Waals surface area contributed by atoms with Crippen LogP contribution in [0.15, 0.2) is 72.8 Å². The van der Waals surface area contributed by atoms with Gasteiger partial charge in [-0.05, 0) is 105 Å². The van der Waals surface area contributed by atoms with Crippen LogP contribution in [-0.4, -0.2) is 90.0 Å². The summed E-state index contributed by atoms with van der Waals surface area (Å²) in [6.07, 6.45) is 7.05. The number of likely N-dealkylation sites (tertiary alicyclic amines) is 1. The zero-order valence-electron chi connectivity index (χ0n) is 31.4. The van der Waals surface area contributed by atoms with Gasteiger partial charge in [-0.1, -0.05) is 31.2 Å². The third-order valence-corrected chi connectivity index (χ3v) is 10.8. The molecule has 0 aliphatic carbocycles. The third kappa shape index (κ3) is 7.74. The molecular formula is C42H52N4O8. The molecule has 4 N–H and O–H groups in total. The van der Waals surface area contributed by atoms with Gasteiger partial charge in [0.15, 0.2) is 5.60 Å². The van der Waals surface area contributed by atoms with E-state index >= 15 is 0 Å². The molecule has 1 fully saturated rings. The van der Waals surface area contributed by atoms with Crippen molar-refractivity contribution < 1.29 is 39.2 Å². The molecule has 3 amide bonds. The summed E-state index contributed by atoms with van der Waals surface area (Å²) in [6.45, 7) is 5.64. The number of anilines is 3. The van der Waals surface area contributed by atoms with Crippen molar-refractivity contribution in [2.45, 2.75) is 76.6 Å². The fourth-order valence-corrected chi connectivity index (χ4v) is 7.85. The summed E-state index contributed by atoms with van der Waals surface area (Å²) < 4.78 is 11.2. The van der Waals surface area contributed by atoms with E-state index in [0.717, 1.165) is 41.8 Å². The predicted octanol–water partition coefficient (Wildman–Crippen LogP) is 4.35. The van der Waals surface area contributed by atoms with Gasteiger partial charge in [0.2, 0.25) is 11.8 Å². The van der Waals surface area contributed by atoms with Crippen LogP contribution < -0.4 is 24.6 Å². The van der Waals surface area contributed by atoms with Gasteiger partial charge < -0.3 is 39.9 Å². The second kappa shape index (κ2) is 17.2. The number of methoxy groups -OCH3 is 1. The first-order valence-corrected chi connectivity index (χ1v) is 19.0. The molecule has 3 heterocycles. The maximum Gasteiger partial charge on any atom is 0.264 e. The van der Waals surface area contributed by atoms with Crippen LogP contribution in [0.1, 0.15) is 62.6 Å². The largest absolute Gasteiger partial charge is 0.497 e. The van der Waals surface area contributed by atoms with E-state index in [1.54, 1.807) is 52.0 Å². The van der Waals surface area contributed by atoms with E-state index in [1.165, 1.54) is 7.11 Å². The Labute approximate surface area is 317 Å². The van der Waals surface area contributed by atoms with Crippen molar-refractivity contribution >= 4 is 34.8 Å². The van der Waals surface area contributed by atoms with Gasteiger partial charge in [-0.2, -0.15) is 0 Å². The van der Waals surface area contributed by atoms with Crippen molar-refractivity contribution in [2.24, 2.45) is 5.92 Å². The van der Waals surface area contributed by atoms with Crippen LogP contribution in [0, 0.1) is 5.92 Å². The monoisotopic (exact) mass is 740 g/mol. The lowest BCUT2D eigenvalue weighted by molar-refractivity contribution is -0.139. The molecule has 12 nitrogen and oxygen atoms in total. The molecular weight excluding hydrogens is 688 g/mol. The molecule has 54 heavy (non-hydrogen) atoms. The molecule has 3 aromatic carbocycles. The highest BCUT2D eigenvalue weighted by molar-refractivity contribution is 6.08.